The van der Waals surface area contributed by atoms with Gasteiger partial charge >= 0.3 is 0 Å². The number of nitrogens with zero attached hydrogens (tertiary/aromatic N) is 1. The molecule has 1 aliphatic rings. The molecular weight excluding hydrogens is 267 g/mol. The fourth-order valence-corrected chi connectivity index (χ4v) is 2.96. The quantitative estimate of drug-likeness (QED) is 0.836. The van der Waals surface area contributed by atoms with E-state index in [1.807, 2.05) is 20.0 Å². The average Bonchev–Trinajstić information content (AvgIpc) is 2.49. The zero-order valence-electron chi connectivity index (χ0n) is 13.2. The second-order valence-corrected chi connectivity index (χ2v) is 5.81. The Morgan fingerprint density at radius 2 is 2.10 bits per heavy atom. The summed E-state index contributed by atoms with van der Waals surface area (Å²) >= 11 is 0. The van der Waals surface area contributed by atoms with Gasteiger partial charge in [-0.2, -0.15) is 0 Å². The highest BCUT2D eigenvalue weighted by Gasteiger charge is 2.19. The van der Waals surface area contributed by atoms with E-state index in [1.54, 1.807) is 12.1 Å². The number of piperidine rings is 1. The third-order valence-corrected chi connectivity index (χ3v) is 4.21. The van der Waals surface area contributed by atoms with E-state index in [1.165, 1.54) is 19.3 Å². The third kappa shape index (κ3) is 4.97. The van der Waals surface area contributed by atoms with Gasteiger partial charge in [-0.15, -0.1) is 0 Å². The van der Waals surface area contributed by atoms with Crippen molar-refractivity contribution in [1.29, 1.82) is 0 Å². The monoisotopic (exact) mass is 294 g/mol. The minimum absolute atomic E-state index is 0.252. The molecule has 21 heavy (non-hydrogen) atoms. The third-order valence-electron chi connectivity index (χ3n) is 4.21. The van der Waals surface area contributed by atoms with Crippen LogP contribution in [0.15, 0.2) is 18.2 Å². The largest absolute Gasteiger partial charge is 0.491 e. The number of hydrogen-bond donors (Lipinski definition) is 1. The van der Waals surface area contributed by atoms with Gasteiger partial charge in [-0.3, -0.25) is 4.90 Å². The average molecular weight is 294 g/mol. The molecule has 3 nitrogen and oxygen atoms in total. The van der Waals surface area contributed by atoms with E-state index in [-0.39, 0.29) is 5.82 Å². The lowest BCUT2D eigenvalue weighted by molar-refractivity contribution is 0.172. The van der Waals surface area contributed by atoms with Crippen molar-refractivity contribution >= 4 is 0 Å². The van der Waals surface area contributed by atoms with Crippen LogP contribution >= 0.6 is 0 Å². The van der Waals surface area contributed by atoms with E-state index in [9.17, 15) is 4.39 Å². The molecule has 0 unspecified atom stereocenters. The molecule has 0 aromatic heterocycles. The van der Waals surface area contributed by atoms with E-state index < -0.39 is 0 Å². The van der Waals surface area contributed by atoms with Gasteiger partial charge in [0.15, 0.2) is 11.6 Å². The predicted molar refractivity (Wildman–Crippen MR) is 84.1 cm³/mol. The maximum Gasteiger partial charge on any atom is 0.165 e. The molecule has 0 atom stereocenters. The molecule has 1 aromatic carbocycles. The smallest absolute Gasteiger partial charge is 0.165 e. The van der Waals surface area contributed by atoms with E-state index in [2.05, 4.69) is 10.2 Å². The zero-order valence-corrected chi connectivity index (χ0v) is 13.2. The molecule has 1 aliphatic heterocycles. The van der Waals surface area contributed by atoms with Crippen molar-refractivity contribution in [3.8, 4) is 5.75 Å². The molecule has 4 heteroatoms. The molecule has 1 heterocycles. The molecule has 0 saturated carbocycles. The van der Waals surface area contributed by atoms with Gasteiger partial charge in [-0.1, -0.05) is 6.07 Å². The molecule has 0 spiro atoms. The first kappa shape index (κ1) is 16.2. The first-order valence-electron chi connectivity index (χ1n) is 8.01. The topological polar surface area (TPSA) is 24.5 Å². The van der Waals surface area contributed by atoms with Crippen LogP contribution in [0.5, 0.6) is 5.75 Å². The summed E-state index contributed by atoms with van der Waals surface area (Å²) in [5.41, 5.74) is 1.03. The summed E-state index contributed by atoms with van der Waals surface area (Å²) in [6.45, 7) is 6.53. The first-order valence-corrected chi connectivity index (χ1v) is 8.01. The molecule has 0 radical (unpaired) electrons. The number of likely N-dealkylation sites (tertiary alicyclic amines) is 1. The maximum atomic E-state index is 13.8. The van der Waals surface area contributed by atoms with E-state index in [0.29, 0.717) is 12.4 Å². The molecular formula is C17H27FN2O. The fraction of sp³-hybridized carbons (Fsp3) is 0.647. The molecule has 118 valence electrons. The van der Waals surface area contributed by atoms with Crippen molar-refractivity contribution in [3.63, 3.8) is 0 Å². The molecule has 1 aromatic rings. The fourth-order valence-electron chi connectivity index (χ4n) is 2.96. The Labute approximate surface area is 127 Å². The van der Waals surface area contributed by atoms with Crippen LogP contribution < -0.4 is 10.1 Å². The number of hydrogen-bond acceptors (Lipinski definition) is 3. The van der Waals surface area contributed by atoms with Gasteiger partial charge in [0.1, 0.15) is 0 Å². The Hall–Kier alpha value is -1.13. The highest BCUT2D eigenvalue weighted by atomic mass is 19.1. The maximum absolute atomic E-state index is 13.8. The van der Waals surface area contributed by atoms with Crippen molar-refractivity contribution in [2.75, 3.05) is 33.3 Å². The lowest BCUT2D eigenvalue weighted by Gasteiger charge is -2.32. The van der Waals surface area contributed by atoms with Crippen LogP contribution in [-0.2, 0) is 6.54 Å². The molecule has 1 fully saturated rings. The van der Waals surface area contributed by atoms with Crippen LogP contribution in [0.3, 0.4) is 0 Å². The number of halogens is 1. The van der Waals surface area contributed by atoms with Crippen molar-refractivity contribution < 1.29 is 9.13 Å². The van der Waals surface area contributed by atoms with E-state index >= 15 is 0 Å². The molecule has 0 aliphatic carbocycles. The highest BCUT2D eigenvalue weighted by Crippen LogP contribution is 2.23. The Morgan fingerprint density at radius 3 is 2.71 bits per heavy atom. The first-order chi connectivity index (χ1) is 10.2. The number of benzene rings is 1. The molecule has 1 N–H and O–H groups in total. The second-order valence-electron chi connectivity index (χ2n) is 5.81. The van der Waals surface area contributed by atoms with Crippen LogP contribution in [0.2, 0.25) is 0 Å². The van der Waals surface area contributed by atoms with E-state index in [0.717, 1.165) is 37.7 Å². The number of ether oxygens (including phenoxy) is 1. The summed E-state index contributed by atoms with van der Waals surface area (Å²) in [6.07, 6.45) is 3.77. The summed E-state index contributed by atoms with van der Waals surface area (Å²) in [6, 6.07) is 5.33. The molecule has 2 rings (SSSR count). The summed E-state index contributed by atoms with van der Waals surface area (Å²) in [5, 5.41) is 3.22. The minimum atomic E-state index is -0.252. The van der Waals surface area contributed by atoms with Crippen LogP contribution in [0.1, 0.15) is 31.7 Å². The van der Waals surface area contributed by atoms with Gasteiger partial charge in [-0.25, -0.2) is 4.39 Å². The van der Waals surface area contributed by atoms with Crippen molar-refractivity contribution in [2.45, 2.75) is 32.7 Å². The number of rotatable bonds is 7. The lowest BCUT2D eigenvalue weighted by Crippen LogP contribution is -2.34. The summed E-state index contributed by atoms with van der Waals surface area (Å²) in [4.78, 5) is 2.42. The van der Waals surface area contributed by atoms with Crippen LogP contribution in [0, 0.1) is 11.7 Å². The SMILES string of the molecule is CCOc1ccc(CN2CCC(CCNC)CC2)cc1F. The van der Waals surface area contributed by atoms with Crippen LogP contribution in [0.4, 0.5) is 4.39 Å². The lowest BCUT2D eigenvalue weighted by atomic mass is 9.93. The van der Waals surface area contributed by atoms with Crippen LogP contribution in [0.25, 0.3) is 0 Å². The molecule has 0 bridgehead atoms. The standard InChI is InChI=1S/C17H27FN2O/c1-3-21-17-5-4-15(12-16(17)18)13-20-10-7-14(8-11-20)6-9-19-2/h4-5,12,14,19H,3,6-11,13H2,1-2H3. The Balaban J connectivity index is 1.82. The Kier molecular flexibility index (Phi) is 6.46. The van der Waals surface area contributed by atoms with E-state index in [4.69, 9.17) is 4.74 Å². The van der Waals surface area contributed by atoms with Gasteiger partial charge < -0.3 is 10.1 Å². The minimum Gasteiger partial charge on any atom is -0.491 e. The van der Waals surface area contributed by atoms with Crippen molar-refractivity contribution in [2.24, 2.45) is 5.92 Å². The van der Waals surface area contributed by atoms with Gasteiger partial charge in [0.25, 0.3) is 0 Å². The summed E-state index contributed by atoms with van der Waals surface area (Å²) in [5.74, 6) is 0.941. The van der Waals surface area contributed by atoms with Gasteiger partial charge in [0.2, 0.25) is 0 Å². The van der Waals surface area contributed by atoms with Gasteiger partial charge in [0, 0.05) is 6.54 Å². The zero-order chi connectivity index (χ0) is 15.1. The summed E-state index contributed by atoms with van der Waals surface area (Å²) < 4.78 is 19.1. The Morgan fingerprint density at radius 1 is 1.33 bits per heavy atom. The second kappa shape index (κ2) is 8.35. The normalized spacial score (nSPS) is 17.1. The Bertz CT molecular complexity index is 431. The molecule has 0 amide bonds. The van der Waals surface area contributed by atoms with Crippen molar-refractivity contribution in [1.82, 2.24) is 10.2 Å². The van der Waals surface area contributed by atoms with Gasteiger partial charge in [0.05, 0.1) is 6.61 Å². The van der Waals surface area contributed by atoms with Crippen molar-refractivity contribution in [3.05, 3.63) is 29.6 Å². The number of nitrogens with one attached hydrogen (secondary N) is 1. The van der Waals surface area contributed by atoms with Crippen LogP contribution in [-0.4, -0.2) is 38.2 Å². The summed E-state index contributed by atoms with van der Waals surface area (Å²) in [7, 11) is 2.01. The molecule has 1 saturated heterocycles. The highest BCUT2D eigenvalue weighted by molar-refractivity contribution is 5.29. The van der Waals surface area contributed by atoms with Gasteiger partial charge in [-0.05, 0) is 76.5 Å². The predicted octanol–water partition coefficient (Wildman–Crippen LogP) is 3.05.